The molecule has 0 unspecified atom stereocenters. The van der Waals surface area contributed by atoms with Gasteiger partial charge in [-0.25, -0.2) is 13.4 Å². The Bertz CT molecular complexity index is 1680. The van der Waals surface area contributed by atoms with Crippen molar-refractivity contribution in [2.45, 2.75) is 11.1 Å². The van der Waals surface area contributed by atoms with Crippen LogP contribution in [0, 0.1) is 0 Å². The fourth-order valence-corrected chi connectivity index (χ4v) is 6.66. The number of nitrogens with zero attached hydrogens (tertiary/aromatic N) is 3. The summed E-state index contributed by atoms with van der Waals surface area (Å²) in [6.07, 6.45) is 1.77. The number of pyridine rings is 1. The van der Waals surface area contributed by atoms with Crippen molar-refractivity contribution in [2.75, 3.05) is 31.0 Å². The van der Waals surface area contributed by atoms with E-state index in [2.05, 4.69) is 9.97 Å². The molecule has 0 aliphatic heterocycles. The van der Waals surface area contributed by atoms with Crippen LogP contribution in [0.3, 0.4) is 0 Å². The molecular weight excluding hydrogens is 508 g/mol. The number of carbonyl (C=O) groups is 1. The molecule has 3 heterocycles. The van der Waals surface area contributed by atoms with E-state index >= 15 is 0 Å². The summed E-state index contributed by atoms with van der Waals surface area (Å²) in [6, 6.07) is 18.1. The number of fused-ring (bicyclic) bond motifs is 3. The van der Waals surface area contributed by atoms with Crippen molar-refractivity contribution in [1.82, 2.24) is 14.9 Å². The third-order valence-corrected chi connectivity index (χ3v) is 9.57. The maximum Gasteiger partial charge on any atom is 0.273 e. The predicted octanol–water partition coefficient (Wildman–Crippen LogP) is 4.72. The van der Waals surface area contributed by atoms with E-state index in [1.54, 1.807) is 53.9 Å². The maximum atomic E-state index is 13.0. The van der Waals surface area contributed by atoms with Crippen LogP contribution in [0.15, 0.2) is 76.4 Å². The average Bonchev–Trinajstić information content (AvgIpc) is 3.59. The summed E-state index contributed by atoms with van der Waals surface area (Å²) in [7, 11) is -2.09. The van der Waals surface area contributed by atoms with E-state index in [0.717, 1.165) is 27.4 Å². The van der Waals surface area contributed by atoms with Gasteiger partial charge in [-0.3, -0.25) is 9.10 Å². The standard InChI is InChI=1S/C27H26N4O4S2/c1-3-31(12-13-32)27(33)19-8-6-18(7-9-19)20-15-23-22-16-21(10-11-24(22)29-26(23)28-17-20)30(2)37(34,35)25-5-4-14-36-25/h4-11,14-17,32H,3,12-13H2,1-2H3,(H,28,29). The Morgan fingerprint density at radius 1 is 1.05 bits per heavy atom. The molecule has 190 valence electrons. The number of aliphatic hydroxyl groups excluding tert-OH is 1. The van der Waals surface area contributed by atoms with Gasteiger partial charge >= 0.3 is 0 Å². The van der Waals surface area contributed by atoms with Crippen molar-refractivity contribution in [2.24, 2.45) is 0 Å². The lowest BCUT2D eigenvalue weighted by Gasteiger charge is -2.19. The van der Waals surface area contributed by atoms with Gasteiger partial charge in [0.05, 0.1) is 12.3 Å². The molecule has 5 rings (SSSR count). The number of hydrogen-bond donors (Lipinski definition) is 2. The minimum absolute atomic E-state index is 0.0779. The van der Waals surface area contributed by atoms with Gasteiger partial charge < -0.3 is 15.0 Å². The summed E-state index contributed by atoms with van der Waals surface area (Å²) >= 11 is 1.19. The molecule has 0 spiro atoms. The summed E-state index contributed by atoms with van der Waals surface area (Å²) in [4.78, 5) is 22.2. The highest BCUT2D eigenvalue weighted by molar-refractivity contribution is 7.94. The third-order valence-electron chi connectivity index (χ3n) is 6.41. The molecule has 0 saturated carbocycles. The Kier molecular flexibility index (Phi) is 6.72. The molecule has 3 aromatic heterocycles. The zero-order chi connectivity index (χ0) is 26.2. The number of thiophene rings is 1. The van der Waals surface area contributed by atoms with Gasteiger partial charge in [-0.2, -0.15) is 0 Å². The highest BCUT2D eigenvalue weighted by atomic mass is 32.2. The number of nitrogens with one attached hydrogen (secondary N) is 1. The number of aliphatic hydroxyl groups is 1. The molecule has 0 fully saturated rings. The summed E-state index contributed by atoms with van der Waals surface area (Å²) in [6.45, 7) is 2.62. The first-order valence-electron chi connectivity index (χ1n) is 11.8. The van der Waals surface area contributed by atoms with E-state index < -0.39 is 10.0 Å². The summed E-state index contributed by atoms with van der Waals surface area (Å²) < 4.78 is 27.6. The Hall–Kier alpha value is -3.73. The number of amides is 1. The van der Waals surface area contributed by atoms with Gasteiger partial charge in [-0.15, -0.1) is 11.3 Å². The van der Waals surface area contributed by atoms with Gasteiger partial charge in [0.1, 0.15) is 9.86 Å². The molecule has 10 heteroatoms. The smallest absolute Gasteiger partial charge is 0.273 e. The molecule has 0 saturated heterocycles. The number of likely N-dealkylation sites (N-methyl/N-ethyl adjacent to an activating group) is 1. The third kappa shape index (κ3) is 4.59. The second kappa shape index (κ2) is 9.97. The fraction of sp³-hybridized carbons (Fsp3) is 0.185. The molecule has 0 aliphatic carbocycles. The van der Waals surface area contributed by atoms with Crippen molar-refractivity contribution in [3.63, 3.8) is 0 Å². The van der Waals surface area contributed by atoms with Crippen LogP contribution in [-0.4, -0.2) is 61.0 Å². The molecule has 1 amide bonds. The minimum atomic E-state index is -3.65. The van der Waals surface area contributed by atoms with Gasteiger partial charge in [-0.1, -0.05) is 18.2 Å². The molecule has 0 aliphatic rings. The second-order valence-electron chi connectivity index (χ2n) is 8.57. The van der Waals surface area contributed by atoms with Crippen LogP contribution in [0.5, 0.6) is 0 Å². The summed E-state index contributed by atoms with van der Waals surface area (Å²) in [5.41, 5.74) is 4.45. The monoisotopic (exact) mass is 534 g/mol. The zero-order valence-electron chi connectivity index (χ0n) is 20.4. The number of benzene rings is 2. The van der Waals surface area contributed by atoms with Gasteiger partial charge in [0, 0.05) is 53.8 Å². The minimum Gasteiger partial charge on any atom is -0.395 e. The van der Waals surface area contributed by atoms with E-state index in [4.69, 9.17) is 0 Å². The highest BCUT2D eigenvalue weighted by Gasteiger charge is 2.23. The first kappa shape index (κ1) is 24.9. The van der Waals surface area contributed by atoms with Gasteiger partial charge in [0.25, 0.3) is 15.9 Å². The van der Waals surface area contributed by atoms with Crippen LogP contribution in [0.4, 0.5) is 5.69 Å². The first-order chi connectivity index (χ1) is 17.8. The SMILES string of the molecule is CCN(CCO)C(=O)c1ccc(-c2cnc3[nH]c4ccc(N(C)S(=O)(=O)c5cccs5)cc4c3c2)cc1. The van der Waals surface area contributed by atoms with Crippen LogP contribution in [-0.2, 0) is 10.0 Å². The number of rotatable bonds is 8. The molecule has 0 bridgehead atoms. The van der Waals surface area contributed by atoms with Crippen molar-refractivity contribution in [3.05, 3.63) is 77.8 Å². The Morgan fingerprint density at radius 3 is 2.51 bits per heavy atom. The van der Waals surface area contributed by atoms with Crippen molar-refractivity contribution < 1.29 is 18.3 Å². The number of aromatic amines is 1. The van der Waals surface area contributed by atoms with E-state index in [0.29, 0.717) is 34.2 Å². The number of anilines is 1. The van der Waals surface area contributed by atoms with E-state index in [1.807, 2.05) is 37.3 Å². The molecular formula is C27H26N4O4S2. The van der Waals surface area contributed by atoms with Crippen molar-refractivity contribution in [3.8, 4) is 11.1 Å². The number of carbonyl (C=O) groups excluding carboxylic acids is 1. The molecule has 5 aromatic rings. The van der Waals surface area contributed by atoms with Crippen molar-refractivity contribution in [1.29, 1.82) is 0 Å². The van der Waals surface area contributed by atoms with Gasteiger partial charge in [0.15, 0.2) is 0 Å². The topological polar surface area (TPSA) is 107 Å². The number of aromatic nitrogens is 2. The summed E-state index contributed by atoms with van der Waals surface area (Å²) in [5.74, 6) is -0.123. The van der Waals surface area contributed by atoms with Crippen LogP contribution in [0.1, 0.15) is 17.3 Å². The molecule has 2 aromatic carbocycles. The largest absolute Gasteiger partial charge is 0.395 e. The van der Waals surface area contributed by atoms with Crippen LogP contribution in [0.25, 0.3) is 33.1 Å². The maximum absolute atomic E-state index is 13.0. The van der Waals surface area contributed by atoms with Gasteiger partial charge in [-0.05, 0) is 60.3 Å². The number of sulfonamides is 1. The lowest BCUT2D eigenvalue weighted by molar-refractivity contribution is 0.0732. The van der Waals surface area contributed by atoms with E-state index in [9.17, 15) is 18.3 Å². The second-order valence-corrected chi connectivity index (χ2v) is 11.7. The predicted molar refractivity (Wildman–Crippen MR) is 148 cm³/mol. The number of hydrogen-bond acceptors (Lipinski definition) is 6. The van der Waals surface area contributed by atoms with Crippen LogP contribution < -0.4 is 4.31 Å². The highest BCUT2D eigenvalue weighted by Crippen LogP contribution is 2.33. The van der Waals surface area contributed by atoms with Crippen LogP contribution >= 0.6 is 11.3 Å². The molecule has 37 heavy (non-hydrogen) atoms. The molecule has 0 radical (unpaired) electrons. The quantitative estimate of drug-likeness (QED) is 0.300. The molecule has 2 N–H and O–H groups in total. The average molecular weight is 535 g/mol. The fourth-order valence-electron chi connectivity index (χ4n) is 4.31. The normalized spacial score (nSPS) is 11.8. The van der Waals surface area contributed by atoms with Crippen LogP contribution in [0.2, 0.25) is 0 Å². The first-order valence-corrected chi connectivity index (χ1v) is 14.1. The number of H-pyrrole nitrogens is 1. The summed E-state index contributed by atoms with van der Waals surface area (Å²) in [5, 5.41) is 12.7. The Balaban J connectivity index is 1.50. The van der Waals surface area contributed by atoms with Crippen molar-refractivity contribution >= 4 is 54.9 Å². The molecule has 0 atom stereocenters. The Labute approximate surface area is 218 Å². The lowest BCUT2D eigenvalue weighted by atomic mass is 10.0. The Morgan fingerprint density at radius 2 is 1.84 bits per heavy atom. The molecule has 8 nitrogen and oxygen atoms in total. The lowest BCUT2D eigenvalue weighted by Crippen LogP contribution is -2.33. The zero-order valence-corrected chi connectivity index (χ0v) is 22.0. The van der Waals surface area contributed by atoms with E-state index in [1.165, 1.54) is 15.6 Å². The van der Waals surface area contributed by atoms with Gasteiger partial charge in [0.2, 0.25) is 0 Å². The van der Waals surface area contributed by atoms with E-state index in [-0.39, 0.29) is 12.5 Å².